The Hall–Kier alpha value is -1.18. The zero-order chi connectivity index (χ0) is 12.8. The highest BCUT2D eigenvalue weighted by Crippen LogP contribution is 2.45. The molecule has 0 amide bonds. The Morgan fingerprint density at radius 3 is 2.95 bits per heavy atom. The maximum atomic E-state index is 3.68. The van der Waals surface area contributed by atoms with E-state index in [1.54, 1.807) is 0 Å². The third-order valence-electron chi connectivity index (χ3n) is 5.53. The second-order valence-electron chi connectivity index (χ2n) is 6.60. The van der Waals surface area contributed by atoms with Crippen LogP contribution in [-0.4, -0.2) is 18.6 Å². The van der Waals surface area contributed by atoms with Gasteiger partial charge >= 0.3 is 0 Å². The van der Waals surface area contributed by atoms with E-state index >= 15 is 0 Å². The molecule has 2 fully saturated rings. The average Bonchev–Trinajstić information content (AvgIpc) is 2.47. The number of nitrogens with one attached hydrogen (secondary N) is 1. The third kappa shape index (κ3) is 1.76. The van der Waals surface area contributed by atoms with Gasteiger partial charge in [0.2, 0.25) is 0 Å². The second-order valence-corrected chi connectivity index (χ2v) is 6.60. The lowest BCUT2D eigenvalue weighted by Gasteiger charge is -2.52. The van der Waals surface area contributed by atoms with Gasteiger partial charge in [-0.3, -0.25) is 0 Å². The van der Waals surface area contributed by atoms with Crippen LogP contribution in [0.3, 0.4) is 0 Å². The van der Waals surface area contributed by atoms with Crippen molar-refractivity contribution in [2.45, 2.75) is 57.5 Å². The summed E-state index contributed by atoms with van der Waals surface area (Å²) >= 11 is 0. The molecule has 1 aromatic carbocycles. The molecule has 1 saturated heterocycles. The summed E-state index contributed by atoms with van der Waals surface area (Å²) in [5.74, 6) is 0.955. The van der Waals surface area contributed by atoms with E-state index in [1.165, 1.54) is 55.5 Å². The molecule has 1 aromatic rings. The van der Waals surface area contributed by atoms with Crippen LogP contribution >= 0.6 is 0 Å². The summed E-state index contributed by atoms with van der Waals surface area (Å²) in [6.45, 7) is 3.37. The fourth-order valence-electron chi connectivity index (χ4n) is 4.60. The number of anilines is 2. The lowest BCUT2D eigenvalue weighted by atomic mass is 9.75. The highest BCUT2D eigenvalue weighted by atomic mass is 15.3. The number of nitrogens with zero attached hydrogens (tertiary/aromatic N) is 1. The molecule has 3 unspecified atom stereocenters. The summed E-state index contributed by atoms with van der Waals surface area (Å²) in [7, 11) is 0. The zero-order valence-electron chi connectivity index (χ0n) is 11.9. The van der Waals surface area contributed by atoms with E-state index in [0.717, 1.165) is 24.5 Å². The van der Waals surface area contributed by atoms with Crippen molar-refractivity contribution in [1.82, 2.24) is 0 Å². The SMILES string of the molecule is Cc1cccc2c1NCC1CCC3CCCCC3N21. The molecule has 1 N–H and O–H groups in total. The second kappa shape index (κ2) is 4.43. The van der Waals surface area contributed by atoms with Crippen molar-refractivity contribution in [2.75, 3.05) is 16.8 Å². The predicted molar refractivity (Wildman–Crippen MR) is 80.9 cm³/mol. The highest BCUT2D eigenvalue weighted by molar-refractivity contribution is 5.76. The van der Waals surface area contributed by atoms with Crippen molar-refractivity contribution in [1.29, 1.82) is 0 Å². The standard InChI is InChI=1S/C17H24N2/c1-12-5-4-8-16-17(12)18-11-14-10-9-13-6-2-3-7-15(13)19(14)16/h4-5,8,13-15,18H,2-3,6-7,9-11H2,1H3. The number of para-hydroxylation sites is 1. The first kappa shape index (κ1) is 11.6. The Kier molecular flexibility index (Phi) is 2.71. The molecule has 3 aliphatic rings. The van der Waals surface area contributed by atoms with Crippen LogP contribution in [0.25, 0.3) is 0 Å². The number of aryl methyl sites for hydroxylation is 1. The van der Waals surface area contributed by atoms with E-state index in [4.69, 9.17) is 0 Å². The van der Waals surface area contributed by atoms with Crippen LogP contribution in [-0.2, 0) is 0 Å². The van der Waals surface area contributed by atoms with Gasteiger partial charge in [-0.25, -0.2) is 0 Å². The minimum Gasteiger partial charge on any atom is -0.381 e. The normalized spacial score (nSPS) is 32.9. The van der Waals surface area contributed by atoms with Gasteiger partial charge in [-0.1, -0.05) is 25.0 Å². The van der Waals surface area contributed by atoms with E-state index in [-0.39, 0.29) is 0 Å². The number of hydrogen-bond donors (Lipinski definition) is 1. The van der Waals surface area contributed by atoms with Gasteiger partial charge < -0.3 is 10.2 Å². The minimum atomic E-state index is 0.730. The van der Waals surface area contributed by atoms with Crippen LogP contribution in [0.5, 0.6) is 0 Å². The van der Waals surface area contributed by atoms with Crippen LogP contribution in [0.1, 0.15) is 44.1 Å². The number of fused-ring (bicyclic) bond motifs is 5. The molecule has 3 atom stereocenters. The first-order valence-electron chi connectivity index (χ1n) is 7.96. The maximum absolute atomic E-state index is 3.68. The predicted octanol–water partition coefficient (Wildman–Crippen LogP) is 3.95. The van der Waals surface area contributed by atoms with E-state index in [9.17, 15) is 0 Å². The van der Waals surface area contributed by atoms with Crippen molar-refractivity contribution >= 4 is 11.4 Å². The van der Waals surface area contributed by atoms with Crippen molar-refractivity contribution < 1.29 is 0 Å². The van der Waals surface area contributed by atoms with E-state index in [0.29, 0.717) is 0 Å². The molecule has 2 nitrogen and oxygen atoms in total. The number of rotatable bonds is 0. The molecule has 102 valence electrons. The fraction of sp³-hybridized carbons (Fsp3) is 0.647. The Bertz CT molecular complexity index is 482. The number of piperidine rings is 1. The largest absolute Gasteiger partial charge is 0.381 e. The van der Waals surface area contributed by atoms with Gasteiger partial charge in [-0.2, -0.15) is 0 Å². The molecule has 0 spiro atoms. The molecule has 1 saturated carbocycles. The molecule has 2 heteroatoms. The maximum Gasteiger partial charge on any atom is 0.0610 e. The molecule has 2 heterocycles. The Morgan fingerprint density at radius 2 is 2.00 bits per heavy atom. The van der Waals surface area contributed by atoms with E-state index < -0.39 is 0 Å². The monoisotopic (exact) mass is 256 g/mol. The van der Waals surface area contributed by atoms with Crippen LogP contribution in [0, 0.1) is 12.8 Å². The van der Waals surface area contributed by atoms with Gasteiger partial charge in [-0.15, -0.1) is 0 Å². The van der Waals surface area contributed by atoms with Gasteiger partial charge in [-0.05, 0) is 50.2 Å². The lowest BCUT2D eigenvalue weighted by Crippen LogP contribution is -2.56. The number of hydrogen-bond acceptors (Lipinski definition) is 2. The quantitative estimate of drug-likeness (QED) is 0.756. The highest BCUT2D eigenvalue weighted by Gasteiger charge is 2.40. The smallest absolute Gasteiger partial charge is 0.0610 e. The van der Waals surface area contributed by atoms with Gasteiger partial charge in [0, 0.05) is 18.6 Å². The van der Waals surface area contributed by atoms with Gasteiger partial charge in [0.1, 0.15) is 0 Å². The molecule has 0 aromatic heterocycles. The van der Waals surface area contributed by atoms with Crippen molar-refractivity contribution in [3.05, 3.63) is 23.8 Å². The molecular formula is C17H24N2. The van der Waals surface area contributed by atoms with Crippen LogP contribution in [0.4, 0.5) is 11.4 Å². The molecule has 19 heavy (non-hydrogen) atoms. The zero-order valence-corrected chi connectivity index (χ0v) is 11.9. The fourth-order valence-corrected chi connectivity index (χ4v) is 4.60. The lowest BCUT2D eigenvalue weighted by molar-refractivity contribution is 0.215. The average molecular weight is 256 g/mol. The van der Waals surface area contributed by atoms with E-state index in [1.807, 2.05) is 0 Å². The van der Waals surface area contributed by atoms with Crippen LogP contribution < -0.4 is 10.2 Å². The first-order chi connectivity index (χ1) is 9.34. The summed E-state index contributed by atoms with van der Waals surface area (Å²) < 4.78 is 0. The summed E-state index contributed by atoms with van der Waals surface area (Å²) in [4.78, 5) is 2.80. The van der Waals surface area contributed by atoms with Gasteiger partial charge in [0.05, 0.1) is 11.4 Å². The van der Waals surface area contributed by atoms with Crippen molar-refractivity contribution in [3.63, 3.8) is 0 Å². The Balaban J connectivity index is 1.76. The number of benzene rings is 1. The van der Waals surface area contributed by atoms with E-state index in [2.05, 4.69) is 35.3 Å². The summed E-state index contributed by atoms with van der Waals surface area (Å²) in [5.41, 5.74) is 4.27. The van der Waals surface area contributed by atoms with Crippen LogP contribution in [0.15, 0.2) is 18.2 Å². The molecule has 0 radical (unpaired) electrons. The molecule has 0 bridgehead atoms. The first-order valence-corrected chi connectivity index (χ1v) is 7.96. The Labute approximate surface area is 116 Å². The topological polar surface area (TPSA) is 15.3 Å². The molecule has 2 aliphatic heterocycles. The summed E-state index contributed by atoms with van der Waals surface area (Å²) in [5, 5.41) is 3.68. The third-order valence-corrected chi connectivity index (χ3v) is 5.53. The molecule has 1 aliphatic carbocycles. The Morgan fingerprint density at radius 1 is 1.11 bits per heavy atom. The summed E-state index contributed by atoms with van der Waals surface area (Å²) in [6.07, 6.45) is 8.59. The van der Waals surface area contributed by atoms with Crippen LogP contribution in [0.2, 0.25) is 0 Å². The molecule has 4 rings (SSSR count). The molecular weight excluding hydrogens is 232 g/mol. The van der Waals surface area contributed by atoms with Crippen molar-refractivity contribution in [2.24, 2.45) is 5.92 Å². The van der Waals surface area contributed by atoms with Gasteiger partial charge in [0.15, 0.2) is 0 Å². The minimum absolute atomic E-state index is 0.730. The van der Waals surface area contributed by atoms with Gasteiger partial charge in [0.25, 0.3) is 0 Å². The van der Waals surface area contributed by atoms with Crippen molar-refractivity contribution in [3.8, 4) is 0 Å². The summed E-state index contributed by atoms with van der Waals surface area (Å²) in [6, 6.07) is 8.33.